The summed E-state index contributed by atoms with van der Waals surface area (Å²) in [6.07, 6.45) is 7.35. The molecule has 1 rings (SSSR count). The number of carbonyl (C=O) groups is 1. The first kappa shape index (κ1) is 17.2. The van der Waals surface area contributed by atoms with Gasteiger partial charge in [0.2, 0.25) is 0 Å². The van der Waals surface area contributed by atoms with Gasteiger partial charge in [0, 0.05) is 5.69 Å². The van der Waals surface area contributed by atoms with E-state index in [1.165, 1.54) is 25.7 Å². The van der Waals surface area contributed by atoms with E-state index >= 15 is 0 Å². The van der Waals surface area contributed by atoms with Crippen molar-refractivity contribution in [3.8, 4) is 0 Å². The van der Waals surface area contributed by atoms with Gasteiger partial charge < -0.3 is 10.5 Å². The molecule has 21 heavy (non-hydrogen) atoms. The van der Waals surface area contributed by atoms with E-state index in [0.717, 1.165) is 24.1 Å². The van der Waals surface area contributed by atoms with Crippen LogP contribution in [0.25, 0.3) is 0 Å². The Hall–Kier alpha value is -1.84. The Morgan fingerprint density at radius 1 is 1.19 bits per heavy atom. The van der Waals surface area contributed by atoms with E-state index in [1.807, 2.05) is 31.2 Å². The Morgan fingerprint density at radius 2 is 1.90 bits per heavy atom. The standard InChI is InChI=1S/C17H26N2O2/c1-3-4-5-6-7-8-12-16(19-21)17(20)18-15-11-9-10-14(2)13-15/h9-11,13,21H,3-8,12H2,1-2H3,(H,18,20)/b19-16+. The third-order valence-electron chi connectivity index (χ3n) is 3.43. The highest BCUT2D eigenvalue weighted by molar-refractivity contribution is 6.42. The van der Waals surface area contributed by atoms with Crippen LogP contribution in [0.3, 0.4) is 0 Å². The van der Waals surface area contributed by atoms with Crippen LogP contribution in [0.5, 0.6) is 0 Å². The average Bonchev–Trinajstić information content (AvgIpc) is 2.46. The first-order valence-electron chi connectivity index (χ1n) is 7.76. The van der Waals surface area contributed by atoms with Gasteiger partial charge in [0.25, 0.3) is 5.91 Å². The van der Waals surface area contributed by atoms with Gasteiger partial charge in [-0.15, -0.1) is 0 Å². The molecule has 116 valence electrons. The van der Waals surface area contributed by atoms with Crippen LogP contribution in [-0.2, 0) is 4.79 Å². The minimum Gasteiger partial charge on any atom is -0.410 e. The molecule has 0 aliphatic rings. The number of oxime groups is 1. The summed E-state index contributed by atoms with van der Waals surface area (Å²) in [4.78, 5) is 12.0. The zero-order valence-corrected chi connectivity index (χ0v) is 13.1. The molecule has 0 heterocycles. The van der Waals surface area contributed by atoms with Crippen LogP contribution in [0.4, 0.5) is 5.69 Å². The number of unbranched alkanes of at least 4 members (excludes halogenated alkanes) is 5. The average molecular weight is 290 g/mol. The summed E-state index contributed by atoms with van der Waals surface area (Å²) in [6.45, 7) is 4.15. The third-order valence-corrected chi connectivity index (χ3v) is 3.43. The lowest BCUT2D eigenvalue weighted by molar-refractivity contribution is -0.110. The Balaban J connectivity index is 2.36. The molecular weight excluding hydrogens is 264 g/mol. The second-order valence-corrected chi connectivity index (χ2v) is 5.39. The Kier molecular flexibility index (Phi) is 8.17. The minimum absolute atomic E-state index is 0.201. The molecular formula is C17H26N2O2. The second-order valence-electron chi connectivity index (χ2n) is 5.39. The van der Waals surface area contributed by atoms with E-state index in [0.29, 0.717) is 6.42 Å². The largest absolute Gasteiger partial charge is 0.410 e. The number of nitrogens with zero attached hydrogens (tertiary/aromatic N) is 1. The number of nitrogens with one attached hydrogen (secondary N) is 1. The normalized spacial score (nSPS) is 11.4. The Labute approximate surface area is 127 Å². The van der Waals surface area contributed by atoms with Gasteiger partial charge in [-0.2, -0.15) is 0 Å². The SMILES string of the molecule is CCCCCCCC/C(=N\O)C(=O)Nc1cccc(C)c1. The summed E-state index contributed by atoms with van der Waals surface area (Å²) >= 11 is 0. The number of hydrogen-bond donors (Lipinski definition) is 2. The predicted molar refractivity (Wildman–Crippen MR) is 87.0 cm³/mol. The lowest BCUT2D eigenvalue weighted by Gasteiger charge is -2.07. The number of hydrogen-bond acceptors (Lipinski definition) is 3. The number of benzene rings is 1. The molecule has 0 atom stereocenters. The third kappa shape index (κ3) is 6.93. The van der Waals surface area contributed by atoms with Crippen molar-refractivity contribution in [2.45, 2.75) is 58.8 Å². The number of anilines is 1. The van der Waals surface area contributed by atoms with Crippen molar-refractivity contribution in [2.75, 3.05) is 5.32 Å². The number of carbonyl (C=O) groups excluding carboxylic acids is 1. The molecule has 1 aromatic rings. The highest BCUT2D eigenvalue weighted by Gasteiger charge is 2.12. The molecule has 0 saturated carbocycles. The van der Waals surface area contributed by atoms with E-state index in [9.17, 15) is 4.79 Å². The summed E-state index contributed by atoms with van der Waals surface area (Å²) in [6, 6.07) is 7.56. The van der Waals surface area contributed by atoms with Crippen molar-refractivity contribution in [3.63, 3.8) is 0 Å². The van der Waals surface area contributed by atoms with Crippen LogP contribution >= 0.6 is 0 Å². The summed E-state index contributed by atoms with van der Waals surface area (Å²) in [5.74, 6) is -0.323. The molecule has 0 saturated heterocycles. The van der Waals surface area contributed by atoms with E-state index < -0.39 is 0 Å². The highest BCUT2D eigenvalue weighted by atomic mass is 16.4. The van der Waals surface area contributed by atoms with E-state index in [4.69, 9.17) is 5.21 Å². The minimum atomic E-state index is -0.323. The highest BCUT2D eigenvalue weighted by Crippen LogP contribution is 2.11. The predicted octanol–water partition coefficient (Wildman–Crippen LogP) is 4.51. The zero-order valence-electron chi connectivity index (χ0n) is 13.1. The molecule has 0 aliphatic carbocycles. The smallest absolute Gasteiger partial charge is 0.273 e. The first-order valence-corrected chi connectivity index (χ1v) is 7.76. The fraction of sp³-hybridized carbons (Fsp3) is 0.529. The van der Waals surface area contributed by atoms with Crippen LogP contribution in [0, 0.1) is 6.92 Å². The first-order chi connectivity index (χ1) is 10.2. The Morgan fingerprint density at radius 3 is 2.57 bits per heavy atom. The maximum absolute atomic E-state index is 12.0. The quantitative estimate of drug-likeness (QED) is 0.304. The van der Waals surface area contributed by atoms with E-state index in [1.54, 1.807) is 0 Å². The molecule has 0 spiro atoms. The Bertz CT molecular complexity index is 470. The molecule has 1 aromatic carbocycles. The lowest BCUT2D eigenvalue weighted by atomic mass is 10.1. The van der Waals surface area contributed by atoms with Gasteiger partial charge >= 0.3 is 0 Å². The van der Waals surface area contributed by atoms with Gasteiger partial charge in [0.05, 0.1) is 0 Å². The van der Waals surface area contributed by atoms with E-state index in [-0.39, 0.29) is 11.6 Å². The van der Waals surface area contributed by atoms with Gasteiger partial charge in [-0.25, -0.2) is 0 Å². The van der Waals surface area contributed by atoms with Crippen LogP contribution in [0.1, 0.15) is 57.4 Å². The molecule has 2 N–H and O–H groups in total. The fourth-order valence-corrected chi connectivity index (χ4v) is 2.21. The van der Waals surface area contributed by atoms with Gasteiger partial charge in [0.1, 0.15) is 5.71 Å². The van der Waals surface area contributed by atoms with Crippen LogP contribution in [-0.4, -0.2) is 16.8 Å². The second kappa shape index (κ2) is 9.97. The van der Waals surface area contributed by atoms with Crippen LogP contribution < -0.4 is 5.32 Å². The fourth-order valence-electron chi connectivity index (χ4n) is 2.21. The molecule has 0 fully saturated rings. The van der Waals surface area contributed by atoms with Crippen molar-refractivity contribution in [1.82, 2.24) is 0 Å². The molecule has 4 heteroatoms. The molecule has 4 nitrogen and oxygen atoms in total. The van der Waals surface area contributed by atoms with Gasteiger partial charge in [0.15, 0.2) is 0 Å². The molecule has 0 aliphatic heterocycles. The maximum Gasteiger partial charge on any atom is 0.273 e. The maximum atomic E-state index is 12.0. The number of aryl methyl sites for hydroxylation is 1. The lowest BCUT2D eigenvalue weighted by Crippen LogP contribution is -2.23. The van der Waals surface area contributed by atoms with Crippen molar-refractivity contribution in [2.24, 2.45) is 5.16 Å². The summed E-state index contributed by atoms with van der Waals surface area (Å²) < 4.78 is 0. The van der Waals surface area contributed by atoms with E-state index in [2.05, 4.69) is 17.4 Å². The molecule has 0 bridgehead atoms. The molecule has 0 unspecified atom stereocenters. The van der Waals surface area contributed by atoms with Gasteiger partial charge in [-0.1, -0.05) is 56.3 Å². The van der Waals surface area contributed by atoms with Crippen LogP contribution in [0.2, 0.25) is 0 Å². The molecule has 0 radical (unpaired) electrons. The zero-order chi connectivity index (χ0) is 15.5. The van der Waals surface area contributed by atoms with Crippen molar-refractivity contribution >= 4 is 17.3 Å². The van der Waals surface area contributed by atoms with Gasteiger partial charge in [-0.3, -0.25) is 4.79 Å². The number of amides is 1. The molecule has 0 aromatic heterocycles. The number of rotatable bonds is 9. The summed E-state index contributed by atoms with van der Waals surface area (Å²) in [5.41, 5.74) is 2.00. The molecule has 1 amide bonds. The van der Waals surface area contributed by atoms with Crippen molar-refractivity contribution in [1.29, 1.82) is 0 Å². The van der Waals surface area contributed by atoms with Crippen LogP contribution in [0.15, 0.2) is 29.4 Å². The monoisotopic (exact) mass is 290 g/mol. The van der Waals surface area contributed by atoms with Crippen molar-refractivity contribution < 1.29 is 10.0 Å². The summed E-state index contributed by atoms with van der Waals surface area (Å²) in [7, 11) is 0. The summed E-state index contributed by atoms with van der Waals surface area (Å²) in [5, 5.41) is 14.9. The van der Waals surface area contributed by atoms with Crippen molar-refractivity contribution in [3.05, 3.63) is 29.8 Å². The topological polar surface area (TPSA) is 61.7 Å². The van der Waals surface area contributed by atoms with Gasteiger partial charge in [-0.05, 0) is 37.5 Å².